The molecule has 0 saturated heterocycles. The van der Waals surface area contributed by atoms with Crippen LogP contribution in [-0.4, -0.2) is 11.3 Å². The summed E-state index contributed by atoms with van der Waals surface area (Å²) < 4.78 is 5.16. The fraction of sp³-hybridized carbons (Fsp3) is 0.250. The highest BCUT2D eigenvalue weighted by atomic mass is 32.1. The van der Waals surface area contributed by atoms with E-state index in [1.54, 1.807) is 0 Å². The second-order valence-corrected chi connectivity index (χ2v) is 33.2. The first-order valence-corrected chi connectivity index (χ1v) is 34.4. The fourth-order valence-electron chi connectivity index (χ4n) is 14.9. The van der Waals surface area contributed by atoms with Crippen LogP contribution in [0.2, 0.25) is 0 Å². The van der Waals surface area contributed by atoms with Crippen LogP contribution in [0.3, 0.4) is 0 Å². The molecule has 0 aliphatic carbocycles. The van der Waals surface area contributed by atoms with Gasteiger partial charge in [-0.3, -0.25) is 0 Å². The molecule has 462 valence electrons. The second-order valence-electron chi connectivity index (χ2n) is 32.1. The smallest absolute Gasteiger partial charge is 0.252 e. The lowest BCUT2D eigenvalue weighted by atomic mass is 9.33. The van der Waals surface area contributed by atoms with Crippen molar-refractivity contribution in [3.63, 3.8) is 0 Å². The number of thiophene rings is 1. The minimum Gasteiger partial charge on any atom is -0.311 e. The third kappa shape index (κ3) is 10.1. The largest absolute Gasteiger partial charge is 0.311 e. The van der Waals surface area contributed by atoms with Crippen LogP contribution in [0.15, 0.2) is 212 Å². The molecule has 3 nitrogen and oxygen atoms in total. The van der Waals surface area contributed by atoms with Crippen LogP contribution in [0.5, 0.6) is 0 Å². The van der Waals surface area contributed by atoms with Gasteiger partial charge in [-0.2, -0.15) is 0 Å². The van der Waals surface area contributed by atoms with Crippen LogP contribution >= 0.6 is 11.3 Å². The van der Waals surface area contributed by atoms with E-state index in [0.717, 1.165) is 17.1 Å². The van der Waals surface area contributed by atoms with Crippen molar-refractivity contribution in [1.29, 1.82) is 0 Å². The van der Waals surface area contributed by atoms with Crippen LogP contribution in [0, 0.1) is 13.8 Å². The number of para-hydroxylation sites is 2. The molecule has 0 saturated carbocycles. The average molecular weight is 1230 g/mol. The summed E-state index contributed by atoms with van der Waals surface area (Å²) in [6, 6.07) is 83.4. The number of aromatic nitrogens is 1. The lowest BCUT2D eigenvalue weighted by Gasteiger charge is -2.46. The molecule has 0 N–H and O–H groups in total. The zero-order chi connectivity index (χ0) is 65.2. The van der Waals surface area contributed by atoms with Gasteiger partial charge in [0.05, 0.1) is 22.4 Å². The molecule has 0 spiro atoms. The molecular formula is C88H86BN3S. The van der Waals surface area contributed by atoms with Crippen molar-refractivity contribution in [2.45, 2.75) is 145 Å². The average Bonchev–Trinajstić information content (AvgIpc) is 1.27. The predicted molar refractivity (Wildman–Crippen MR) is 407 cm³/mol. The number of fused-ring (bicyclic) bond motifs is 10. The first-order chi connectivity index (χ1) is 44.1. The minimum atomic E-state index is -0.240. The van der Waals surface area contributed by atoms with Crippen LogP contribution in [0.1, 0.15) is 143 Å². The van der Waals surface area contributed by atoms with E-state index in [0.29, 0.717) is 0 Å². The van der Waals surface area contributed by atoms with E-state index in [4.69, 9.17) is 0 Å². The maximum Gasteiger partial charge on any atom is 0.252 e. The zero-order valence-electron chi connectivity index (χ0n) is 57.5. The van der Waals surface area contributed by atoms with Crippen molar-refractivity contribution in [3.05, 3.63) is 251 Å². The molecule has 4 heterocycles. The Morgan fingerprint density at radius 3 is 1.30 bits per heavy atom. The minimum absolute atomic E-state index is 0.0716. The van der Waals surface area contributed by atoms with Crippen LogP contribution in [0.4, 0.5) is 34.1 Å². The normalized spacial score (nSPS) is 13.6. The van der Waals surface area contributed by atoms with Crippen molar-refractivity contribution in [3.8, 4) is 39.1 Å². The van der Waals surface area contributed by atoms with Gasteiger partial charge in [-0.15, -0.1) is 11.3 Å². The van der Waals surface area contributed by atoms with Gasteiger partial charge in [0.25, 0.3) is 6.71 Å². The predicted octanol–water partition coefficient (Wildman–Crippen LogP) is 23.3. The third-order valence-electron chi connectivity index (χ3n) is 20.2. The summed E-state index contributed by atoms with van der Waals surface area (Å²) in [6.07, 6.45) is 0. The first-order valence-electron chi connectivity index (χ1n) is 33.6. The number of hydrogen-bond acceptors (Lipinski definition) is 3. The number of rotatable bonds is 6. The molecule has 13 aromatic rings. The molecule has 93 heavy (non-hydrogen) atoms. The van der Waals surface area contributed by atoms with Crippen LogP contribution < -0.4 is 26.2 Å². The van der Waals surface area contributed by atoms with Crippen molar-refractivity contribution in [2.75, 3.05) is 9.80 Å². The quantitative estimate of drug-likeness (QED) is 0.154. The second kappa shape index (κ2) is 21.3. The van der Waals surface area contributed by atoms with E-state index >= 15 is 0 Å². The summed E-state index contributed by atoms with van der Waals surface area (Å²) in [5.41, 5.74) is 30.4. The monoisotopic (exact) mass is 1230 g/mol. The number of nitrogens with zero attached hydrogens (tertiary/aromatic N) is 3. The summed E-state index contributed by atoms with van der Waals surface area (Å²) in [5, 5.41) is 5.14. The molecule has 5 heteroatoms. The summed E-state index contributed by atoms with van der Waals surface area (Å²) in [7, 11) is 0. The number of aryl methyl sites for hydroxylation is 2. The van der Waals surface area contributed by atoms with Crippen molar-refractivity contribution < 1.29 is 0 Å². The van der Waals surface area contributed by atoms with E-state index in [-0.39, 0.29) is 33.8 Å². The fourth-order valence-corrected chi connectivity index (χ4v) is 16.0. The van der Waals surface area contributed by atoms with Gasteiger partial charge in [0, 0.05) is 70.5 Å². The zero-order valence-corrected chi connectivity index (χ0v) is 58.4. The maximum absolute atomic E-state index is 2.70. The third-order valence-corrected chi connectivity index (χ3v) is 21.3. The van der Waals surface area contributed by atoms with Gasteiger partial charge >= 0.3 is 0 Å². The van der Waals surface area contributed by atoms with Crippen LogP contribution in [-0.2, 0) is 27.1 Å². The highest BCUT2D eigenvalue weighted by Gasteiger charge is 2.46. The molecule has 0 radical (unpaired) electrons. The SMILES string of the molecule is Cc1ccc2c3ccc(C)cc3n(-c3ccc4c(c3)N(c3ccccc3-c3cc(C(C)(C)C)cc(C(C)(C)C)c3)c3cc(C(C)(C)C)cc5c3B4c3cc(-c4cccc6sc7ccccc7c46)ccc3N5c3ccccc3-c3cc(C(C)(C)C)cc(C(C)(C)C)c3)c2c1. The Morgan fingerprint density at radius 2 is 0.774 bits per heavy atom. The molecule has 15 rings (SSSR count). The number of anilines is 6. The Morgan fingerprint density at radius 1 is 0.312 bits per heavy atom. The Kier molecular flexibility index (Phi) is 13.8. The summed E-state index contributed by atoms with van der Waals surface area (Å²) in [4.78, 5) is 5.37. The van der Waals surface area contributed by atoms with E-state index in [9.17, 15) is 0 Å². The Labute approximate surface area is 556 Å². The highest BCUT2D eigenvalue weighted by molar-refractivity contribution is 7.26. The highest BCUT2D eigenvalue weighted by Crippen LogP contribution is 2.52. The van der Waals surface area contributed by atoms with E-state index in [1.807, 2.05) is 11.3 Å². The lowest BCUT2D eigenvalue weighted by molar-refractivity contribution is 0.568. The Balaban J connectivity index is 1.09. The van der Waals surface area contributed by atoms with Gasteiger partial charge in [-0.05, 0) is 185 Å². The lowest BCUT2D eigenvalue weighted by Crippen LogP contribution is -2.61. The molecule has 0 bridgehead atoms. The van der Waals surface area contributed by atoms with Crippen LogP contribution in [0.25, 0.3) is 81.0 Å². The molecule has 0 unspecified atom stereocenters. The van der Waals surface area contributed by atoms with Crippen molar-refractivity contribution in [2.24, 2.45) is 0 Å². The molecule has 0 amide bonds. The standard InChI is InChI=1S/C88H86BN3S/c1-53-33-37-67-68-38-34-54(2)42-76(68)90(75(67)41-53)63-36-39-70-77(52-63)92(73-30-22-19-26-65(73)57-45-60(86(9,10)11)49-61(46-57)87(12,13)14)79-51-62(88(15,16)17)50-78-83(79)89(70)71-47-55(66-28-24-32-81-82(66)69-27-20-23-31-80(69)93-81)35-40-74(71)91(78)72-29-21-18-25-64(72)56-43-58(84(3,4)5)48-59(44-56)85(6,7)8/h18-52H,1-17H3. The van der Waals surface area contributed by atoms with Gasteiger partial charge in [0.1, 0.15) is 0 Å². The molecule has 0 fully saturated rings. The molecule has 11 aromatic carbocycles. The summed E-state index contributed by atoms with van der Waals surface area (Å²) >= 11 is 1.89. The van der Waals surface area contributed by atoms with Gasteiger partial charge in [-0.1, -0.05) is 249 Å². The summed E-state index contributed by atoms with van der Waals surface area (Å²) in [6.45, 7) is 39.7. The topological polar surface area (TPSA) is 11.4 Å². The van der Waals surface area contributed by atoms with Crippen molar-refractivity contribution in [1.82, 2.24) is 4.57 Å². The van der Waals surface area contributed by atoms with Crippen molar-refractivity contribution >= 4 is 111 Å². The van der Waals surface area contributed by atoms with E-state index in [2.05, 4.69) is 344 Å². The number of benzene rings is 11. The molecule has 0 atom stereocenters. The Hall–Kier alpha value is -8.90. The van der Waals surface area contributed by atoms with E-state index in [1.165, 1.54) is 153 Å². The van der Waals surface area contributed by atoms with Gasteiger partial charge in [0.2, 0.25) is 0 Å². The Bertz CT molecular complexity index is 5100. The number of hydrogen-bond donors (Lipinski definition) is 0. The van der Waals surface area contributed by atoms with E-state index < -0.39 is 0 Å². The molecular weight excluding hydrogens is 1140 g/mol. The summed E-state index contributed by atoms with van der Waals surface area (Å²) in [5.74, 6) is 0. The first kappa shape index (κ1) is 60.4. The van der Waals surface area contributed by atoms with Gasteiger partial charge in [-0.25, -0.2) is 0 Å². The van der Waals surface area contributed by atoms with Gasteiger partial charge in [0.15, 0.2) is 0 Å². The maximum atomic E-state index is 2.70. The molecule has 2 aliphatic rings. The molecule has 2 aromatic heterocycles. The van der Waals surface area contributed by atoms with Gasteiger partial charge < -0.3 is 14.4 Å². The molecule has 2 aliphatic heterocycles.